The van der Waals surface area contributed by atoms with Crippen LogP contribution in [0.25, 0.3) is 21.5 Å². The first-order valence-corrected chi connectivity index (χ1v) is 8.09. The molecule has 5 heteroatoms. The number of hydrogen-bond donors (Lipinski definition) is 0. The fourth-order valence-corrected chi connectivity index (χ4v) is 3.23. The minimum atomic E-state index is -0.620. The summed E-state index contributed by atoms with van der Waals surface area (Å²) in [6.07, 6.45) is 0.158. The molecule has 0 aliphatic carbocycles. The number of carbonyl (C=O) groups excluding carboxylic acids is 3. The zero-order valence-electron chi connectivity index (χ0n) is 13.4. The lowest BCUT2D eigenvalue weighted by Gasteiger charge is -2.14. The topological polar surface area (TPSA) is 63.7 Å². The number of hydroxylamine groups is 2. The Labute approximate surface area is 143 Å². The van der Waals surface area contributed by atoms with Crippen molar-refractivity contribution in [1.29, 1.82) is 0 Å². The van der Waals surface area contributed by atoms with Gasteiger partial charge in [0.2, 0.25) is 0 Å². The molecule has 0 spiro atoms. The van der Waals surface area contributed by atoms with Gasteiger partial charge in [0.25, 0.3) is 11.8 Å². The van der Waals surface area contributed by atoms with Gasteiger partial charge in [-0.05, 0) is 33.2 Å². The number of amides is 2. The first-order chi connectivity index (χ1) is 12.1. The van der Waals surface area contributed by atoms with Crippen LogP contribution >= 0.6 is 0 Å². The lowest BCUT2D eigenvalue weighted by atomic mass is 9.95. The highest BCUT2D eigenvalue weighted by atomic mass is 16.7. The fourth-order valence-electron chi connectivity index (χ4n) is 3.23. The van der Waals surface area contributed by atoms with Gasteiger partial charge in [-0.3, -0.25) is 9.59 Å². The second-order valence-electron chi connectivity index (χ2n) is 6.02. The third-order valence-electron chi connectivity index (χ3n) is 4.40. The molecule has 0 aromatic heterocycles. The summed E-state index contributed by atoms with van der Waals surface area (Å²) in [7, 11) is 0. The average Bonchev–Trinajstić information content (AvgIpc) is 2.93. The zero-order chi connectivity index (χ0) is 17.4. The molecule has 0 N–H and O–H groups in total. The molecule has 4 rings (SSSR count). The molecule has 0 atom stereocenters. The summed E-state index contributed by atoms with van der Waals surface area (Å²) in [6.45, 7) is 0. The predicted molar refractivity (Wildman–Crippen MR) is 92.3 cm³/mol. The summed E-state index contributed by atoms with van der Waals surface area (Å²) < 4.78 is 0. The van der Waals surface area contributed by atoms with Gasteiger partial charge in [0, 0.05) is 12.8 Å². The Morgan fingerprint density at radius 1 is 0.880 bits per heavy atom. The second-order valence-corrected chi connectivity index (χ2v) is 6.02. The highest BCUT2D eigenvalue weighted by Gasteiger charge is 2.33. The molecule has 0 radical (unpaired) electrons. The summed E-state index contributed by atoms with van der Waals surface area (Å²) in [4.78, 5) is 40.7. The third kappa shape index (κ3) is 2.74. The standard InChI is InChI=1S/C20H15NO4/c22-18-9-10-19(23)21(18)25-20(24)12-17-15-7-3-1-5-13(15)11-14-6-2-4-8-16(14)17/h1-8,11H,9-10,12H2. The van der Waals surface area contributed by atoms with Gasteiger partial charge in [0.1, 0.15) is 0 Å². The van der Waals surface area contributed by atoms with Gasteiger partial charge in [-0.1, -0.05) is 48.5 Å². The van der Waals surface area contributed by atoms with E-state index >= 15 is 0 Å². The quantitative estimate of drug-likeness (QED) is 0.546. The first kappa shape index (κ1) is 15.3. The van der Waals surface area contributed by atoms with Crippen molar-refractivity contribution in [3.63, 3.8) is 0 Å². The van der Waals surface area contributed by atoms with Crippen molar-refractivity contribution < 1.29 is 19.2 Å². The maximum absolute atomic E-state index is 12.4. The second kappa shape index (κ2) is 6.02. The van der Waals surface area contributed by atoms with Crippen LogP contribution in [0.3, 0.4) is 0 Å². The van der Waals surface area contributed by atoms with Gasteiger partial charge in [0.15, 0.2) is 0 Å². The lowest BCUT2D eigenvalue weighted by Crippen LogP contribution is -2.32. The molecule has 1 aliphatic rings. The molecule has 0 saturated carbocycles. The first-order valence-electron chi connectivity index (χ1n) is 8.09. The Hall–Kier alpha value is -3.21. The van der Waals surface area contributed by atoms with Gasteiger partial charge >= 0.3 is 5.97 Å². The Balaban J connectivity index is 1.73. The number of hydrogen-bond acceptors (Lipinski definition) is 4. The van der Waals surface area contributed by atoms with Crippen LogP contribution in [0.15, 0.2) is 54.6 Å². The minimum Gasteiger partial charge on any atom is -0.330 e. The van der Waals surface area contributed by atoms with Crippen LogP contribution < -0.4 is 0 Å². The van der Waals surface area contributed by atoms with Crippen LogP contribution in [0.1, 0.15) is 18.4 Å². The van der Waals surface area contributed by atoms with Gasteiger partial charge in [-0.15, -0.1) is 5.06 Å². The SMILES string of the molecule is O=C(Cc1c2ccccc2cc2ccccc12)ON1C(=O)CCC1=O. The molecule has 3 aromatic carbocycles. The van der Waals surface area contributed by atoms with Crippen molar-refractivity contribution in [2.75, 3.05) is 0 Å². The van der Waals surface area contributed by atoms with Crippen LogP contribution in [0.5, 0.6) is 0 Å². The minimum absolute atomic E-state index is 0.0150. The summed E-state index contributed by atoms with van der Waals surface area (Å²) in [5.74, 6) is -1.56. The molecule has 1 fully saturated rings. The molecular formula is C20H15NO4. The van der Waals surface area contributed by atoms with Crippen LogP contribution in [0.2, 0.25) is 0 Å². The van der Waals surface area contributed by atoms with E-state index in [9.17, 15) is 14.4 Å². The molecule has 0 bridgehead atoms. The Kier molecular flexibility index (Phi) is 3.69. The molecule has 25 heavy (non-hydrogen) atoms. The van der Waals surface area contributed by atoms with E-state index in [1.165, 1.54) is 0 Å². The zero-order valence-corrected chi connectivity index (χ0v) is 13.4. The van der Waals surface area contributed by atoms with Gasteiger partial charge in [-0.25, -0.2) is 4.79 Å². The van der Waals surface area contributed by atoms with E-state index in [0.717, 1.165) is 27.1 Å². The van der Waals surface area contributed by atoms with Gasteiger partial charge in [0.05, 0.1) is 6.42 Å². The van der Waals surface area contributed by atoms with E-state index in [1.54, 1.807) is 0 Å². The maximum Gasteiger partial charge on any atom is 0.337 e. The number of rotatable bonds is 3. The van der Waals surface area contributed by atoms with E-state index in [2.05, 4.69) is 6.07 Å². The van der Waals surface area contributed by atoms with Crippen molar-refractivity contribution in [1.82, 2.24) is 5.06 Å². The largest absolute Gasteiger partial charge is 0.337 e. The van der Waals surface area contributed by atoms with Crippen molar-refractivity contribution in [3.8, 4) is 0 Å². The molecule has 2 amide bonds. The van der Waals surface area contributed by atoms with E-state index in [-0.39, 0.29) is 19.3 Å². The number of carbonyl (C=O) groups is 3. The molecule has 1 aliphatic heterocycles. The Morgan fingerprint density at radius 2 is 1.40 bits per heavy atom. The van der Waals surface area contributed by atoms with Crippen molar-refractivity contribution >= 4 is 39.3 Å². The van der Waals surface area contributed by atoms with E-state index in [1.807, 2.05) is 48.5 Å². The average molecular weight is 333 g/mol. The van der Waals surface area contributed by atoms with Crippen molar-refractivity contribution in [2.45, 2.75) is 19.3 Å². The number of fused-ring (bicyclic) bond motifs is 2. The normalized spacial score (nSPS) is 14.5. The smallest absolute Gasteiger partial charge is 0.330 e. The Bertz CT molecular complexity index is 955. The van der Waals surface area contributed by atoms with E-state index in [0.29, 0.717) is 5.06 Å². The van der Waals surface area contributed by atoms with Crippen LogP contribution in [-0.2, 0) is 25.6 Å². The highest BCUT2D eigenvalue weighted by Crippen LogP contribution is 2.29. The predicted octanol–water partition coefficient (Wildman–Crippen LogP) is 3.14. The van der Waals surface area contributed by atoms with Crippen LogP contribution in [0.4, 0.5) is 0 Å². The number of nitrogens with zero attached hydrogens (tertiary/aromatic N) is 1. The van der Waals surface area contributed by atoms with Gasteiger partial charge in [-0.2, -0.15) is 0 Å². The Morgan fingerprint density at radius 3 is 1.96 bits per heavy atom. The van der Waals surface area contributed by atoms with Gasteiger partial charge < -0.3 is 4.84 Å². The lowest BCUT2D eigenvalue weighted by molar-refractivity contribution is -0.196. The van der Waals surface area contributed by atoms with Crippen molar-refractivity contribution in [2.24, 2.45) is 0 Å². The maximum atomic E-state index is 12.4. The fraction of sp³-hybridized carbons (Fsp3) is 0.150. The molecule has 3 aromatic rings. The number of benzene rings is 3. The highest BCUT2D eigenvalue weighted by molar-refractivity contribution is 6.05. The number of imide groups is 1. The summed E-state index contributed by atoms with van der Waals surface area (Å²) in [5, 5.41) is 4.56. The van der Waals surface area contributed by atoms with Crippen molar-refractivity contribution in [3.05, 3.63) is 60.2 Å². The van der Waals surface area contributed by atoms with Crippen LogP contribution in [-0.4, -0.2) is 22.8 Å². The summed E-state index contributed by atoms with van der Waals surface area (Å²) in [5.41, 5.74) is 0.831. The molecule has 5 nitrogen and oxygen atoms in total. The van der Waals surface area contributed by atoms with Crippen LogP contribution in [0, 0.1) is 0 Å². The summed E-state index contributed by atoms with van der Waals surface area (Å²) >= 11 is 0. The summed E-state index contributed by atoms with van der Waals surface area (Å²) in [6, 6.07) is 17.7. The third-order valence-corrected chi connectivity index (χ3v) is 4.40. The van der Waals surface area contributed by atoms with E-state index < -0.39 is 17.8 Å². The molecule has 124 valence electrons. The monoisotopic (exact) mass is 333 g/mol. The molecule has 0 unspecified atom stereocenters. The molecule has 1 saturated heterocycles. The van der Waals surface area contributed by atoms with E-state index in [4.69, 9.17) is 4.84 Å². The molecule has 1 heterocycles. The molecular weight excluding hydrogens is 318 g/mol.